The normalized spacial score (nSPS) is 13.4. The molecule has 0 spiro atoms. The first kappa shape index (κ1) is 22.5. The molecule has 4 rings (SSSR count). The van der Waals surface area contributed by atoms with Gasteiger partial charge in [0, 0.05) is 37.2 Å². The van der Waals surface area contributed by atoms with Crippen molar-refractivity contribution < 1.29 is 9.59 Å². The lowest BCUT2D eigenvalue weighted by molar-refractivity contribution is -0.117. The standard InChI is InChI=1S/C26H29N5O2/c1-2-31(22-9-5-3-6-10-22)24(32)19-20-11-13-21(14-12-20)28-25(33)23-15-16-27-26(29-23)30-17-7-4-8-18-30/h3,5-6,9-16H,2,4,7-8,17-19H2,1H3,(H,28,33). The van der Waals surface area contributed by atoms with E-state index in [1.807, 2.05) is 61.5 Å². The summed E-state index contributed by atoms with van der Waals surface area (Å²) in [6.45, 7) is 4.42. The van der Waals surface area contributed by atoms with Crippen LogP contribution in [-0.4, -0.2) is 41.4 Å². The number of carbonyl (C=O) groups excluding carboxylic acids is 2. The Labute approximate surface area is 194 Å². The van der Waals surface area contributed by atoms with Crippen LogP contribution in [0.1, 0.15) is 42.2 Å². The predicted molar refractivity (Wildman–Crippen MR) is 131 cm³/mol. The lowest BCUT2D eigenvalue weighted by Gasteiger charge is -2.26. The van der Waals surface area contributed by atoms with E-state index in [4.69, 9.17) is 0 Å². The van der Waals surface area contributed by atoms with E-state index in [0.29, 0.717) is 30.3 Å². The zero-order valence-corrected chi connectivity index (χ0v) is 18.9. The van der Waals surface area contributed by atoms with Crippen LogP contribution in [0, 0.1) is 0 Å². The Kier molecular flexibility index (Phi) is 7.29. The van der Waals surface area contributed by atoms with Crippen molar-refractivity contribution >= 4 is 29.1 Å². The van der Waals surface area contributed by atoms with Gasteiger partial charge >= 0.3 is 0 Å². The molecule has 2 amide bonds. The lowest BCUT2D eigenvalue weighted by Crippen LogP contribution is -2.31. The minimum atomic E-state index is -0.277. The molecule has 0 atom stereocenters. The van der Waals surface area contributed by atoms with Crippen LogP contribution in [-0.2, 0) is 11.2 Å². The van der Waals surface area contributed by atoms with Crippen LogP contribution in [0.2, 0.25) is 0 Å². The number of amides is 2. The van der Waals surface area contributed by atoms with Crippen molar-refractivity contribution in [1.29, 1.82) is 0 Å². The van der Waals surface area contributed by atoms with Gasteiger partial charge in [-0.15, -0.1) is 0 Å². The summed E-state index contributed by atoms with van der Waals surface area (Å²) in [6.07, 6.45) is 5.39. The van der Waals surface area contributed by atoms with Gasteiger partial charge in [-0.2, -0.15) is 0 Å². The smallest absolute Gasteiger partial charge is 0.274 e. The lowest BCUT2D eigenvalue weighted by atomic mass is 10.1. The van der Waals surface area contributed by atoms with E-state index in [9.17, 15) is 9.59 Å². The van der Waals surface area contributed by atoms with Crippen LogP contribution in [0.15, 0.2) is 66.9 Å². The van der Waals surface area contributed by atoms with Crippen LogP contribution in [0.25, 0.3) is 0 Å². The minimum absolute atomic E-state index is 0.0340. The van der Waals surface area contributed by atoms with Crippen LogP contribution in [0.5, 0.6) is 0 Å². The maximum Gasteiger partial charge on any atom is 0.274 e. The zero-order valence-electron chi connectivity index (χ0n) is 18.9. The molecule has 1 fully saturated rings. The number of benzene rings is 2. The van der Waals surface area contributed by atoms with Gasteiger partial charge in [-0.25, -0.2) is 9.97 Å². The molecule has 0 saturated carbocycles. The van der Waals surface area contributed by atoms with Gasteiger partial charge in [0.15, 0.2) is 0 Å². The van der Waals surface area contributed by atoms with E-state index >= 15 is 0 Å². The number of rotatable bonds is 7. The van der Waals surface area contributed by atoms with Gasteiger partial charge in [0.2, 0.25) is 11.9 Å². The van der Waals surface area contributed by atoms with Gasteiger partial charge in [0.1, 0.15) is 5.69 Å². The zero-order chi connectivity index (χ0) is 23.0. The molecule has 2 heterocycles. The Morgan fingerprint density at radius 3 is 2.39 bits per heavy atom. The summed E-state index contributed by atoms with van der Waals surface area (Å²) in [5.41, 5.74) is 2.78. The van der Waals surface area contributed by atoms with Gasteiger partial charge in [-0.1, -0.05) is 30.3 Å². The monoisotopic (exact) mass is 443 g/mol. The number of carbonyl (C=O) groups is 2. The van der Waals surface area contributed by atoms with Crippen molar-refractivity contribution in [3.8, 4) is 0 Å². The van der Waals surface area contributed by atoms with Crippen molar-refractivity contribution in [2.75, 3.05) is 34.8 Å². The average molecular weight is 444 g/mol. The highest BCUT2D eigenvalue weighted by Gasteiger charge is 2.17. The van der Waals surface area contributed by atoms with E-state index in [0.717, 1.165) is 37.2 Å². The maximum atomic E-state index is 12.8. The number of nitrogens with zero attached hydrogens (tertiary/aromatic N) is 4. The number of hydrogen-bond acceptors (Lipinski definition) is 5. The Bertz CT molecular complexity index is 1080. The fraction of sp³-hybridized carbons (Fsp3) is 0.308. The largest absolute Gasteiger partial charge is 0.341 e. The molecule has 0 radical (unpaired) electrons. The van der Waals surface area contributed by atoms with Crippen LogP contribution in [0.4, 0.5) is 17.3 Å². The fourth-order valence-corrected chi connectivity index (χ4v) is 4.00. The van der Waals surface area contributed by atoms with Gasteiger partial charge in [-0.05, 0) is 62.1 Å². The molecular formula is C26H29N5O2. The summed E-state index contributed by atoms with van der Waals surface area (Å²) < 4.78 is 0. The Morgan fingerprint density at radius 2 is 1.70 bits per heavy atom. The molecule has 0 aliphatic carbocycles. The molecule has 1 saturated heterocycles. The van der Waals surface area contributed by atoms with E-state index < -0.39 is 0 Å². The molecule has 0 unspecified atom stereocenters. The number of anilines is 3. The topological polar surface area (TPSA) is 78.4 Å². The van der Waals surface area contributed by atoms with Gasteiger partial charge < -0.3 is 15.1 Å². The molecule has 3 aromatic rings. The first-order chi connectivity index (χ1) is 16.1. The fourth-order valence-electron chi connectivity index (χ4n) is 4.00. The van der Waals surface area contributed by atoms with Crippen LogP contribution < -0.4 is 15.1 Å². The van der Waals surface area contributed by atoms with Crippen molar-refractivity contribution in [2.45, 2.75) is 32.6 Å². The number of likely N-dealkylation sites (N-methyl/N-ethyl adjacent to an activating group) is 1. The summed E-state index contributed by atoms with van der Waals surface area (Å²) in [7, 11) is 0. The van der Waals surface area contributed by atoms with Crippen LogP contribution >= 0.6 is 0 Å². The second-order valence-corrected chi connectivity index (χ2v) is 8.09. The van der Waals surface area contributed by atoms with Crippen molar-refractivity contribution in [1.82, 2.24) is 9.97 Å². The van der Waals surface area contributed by atoms with E-state index in [1.54, 1.807) is 17.2 Å². The summed E-state index contributed by atoms with van der Waals surface area (Å²) >= 11 is 0. The van der Waals surface area contributed by atoms with Gasteiger partial charge in [0.05, 0.1) is 6.42 Å². The molecule has 2 aromatic carbocycles. The third kappa shape index (κ3) is 5.74. The molecule has 1 aliphatic rings. The molecule has 1 N–H and O–H groups in total. The van der Waals surface area contributed by atoms with Crippen LogP contribution in [0.3, 0.4) is 0 Å². The van der Waals surface area contributed by atoms with Gasteiger partial charge in [0.25, 0.3) is 5.91 Å². The molecule has 1 aromatic heterocycles. The third-order valence-corrected chi connectivity index (χ3v) is 5.77. The second kappa shape index (κ2) is 10.7. The Balaban J connectivity index is 1.37. The average Bonchev–Trinajstić information content (AvgIpc) is 2.87. The minimum Gasteiger partial charge on any atom is -0.341 e. The number of hydrogen-bond donors (Lipinski definition) is 1. The predicted octanol–water partition coefficient (Wildman–Crippen LogP) is 4.31. The molecule has 7 heteroatoms. The molecule has 0 bridgehead atoms. The molecular weight excluding hydrogens is 414 g/mol. The SMILES string of the molecule is CCN(C(=O)Cc1ccc(NC(=O)c2ccnc(N3CCCCC3)n2)cc1)c1ccccc1. The van der Waals surface area contributed by atoms with E-state index in [1.165, 1.54) is 6.42 Å². The number of nitrogens with one attached hydrogen (secondary N) is 1. The van der Waals surface area contributed by atoms with E-state index in [-0.39, 0.29) is 11.8 Å². The second-order valence-electron chi connectivity index (χ2n) is 8.09. The molecule has 7 nitrogen and oxygen atoms in total. The first-order valence-electron chi connectivity index (χ1n) is 11.5. The van der Waals surface area contributed by atoms with Crippen molar-refractivity contribution in [2.24, 2.45) is 0 Å². The maximum absolute atomic E-state index is 12.8. The van der Waals surface area contributed by atoms with E-state index in [2.05, 4.69) is 20.2 Å². The molecule has 170 valence electrons. The number of piperidine rings is 1. The summed E-state index contributed by atoms with van der Waals surface area (Å²) in [6, 6.07) is 18.6. The van der Waals surface area contributed by atoms with Gasteiger partial charge in [-0.3, -0.25) is 9.59 Å². The summed E-state index contributed by atoms with van der Waals surface area (Å²) in [5, 5.41) is 2.89. The highest BCUT2D eigenvalue weighted by molar-refractivity contribution is 6.03. The Hall–Kier alpha value is -3.74. The highest BCUT2D eigenvalue weighted by atomic mass is 16.2. The summed E-state index contributed by atoms with van der Waals surface area (Å²) in [4.78, 5) is 38.2. The third-order valence-electron chi connectivity index (χ3n) is 5.77. The molecule has 33 heavy (non-hydrogen) atoms. The van der Waals surface area contributed by atoms with Crippen molar-refractivity contribution in [3.05, 3.63) is 78.1 Å². The molecule has 1 aliphatic heterocycles. The number of para-hydroxylation sites is 1. The summed E-state index contributed by atoms with van der Waals surface area (Å²) in [5.74, 6) is 0.363. The highest BCUT2D eigenvalue weighted by Crippen LogP contribution is 2.18. The Morgan fingerprint density at radius 1 is 0.970 bits per heavy atom. The quantitative estimate of drug-likeness (QED) is 0.589. The first-order valence-corrected chi connectivity index (χ1v) is 11.5. The number of aromatic nitrogens is 2. The van der Waals surface area contributed by atoms with Crippen molar-refractivity contribution in [3.63, 3.8) is 0 Å².